The van der Waals surface area contributed by atoms with E-state index < -0.39 is 11.7 Å². The van der Waals surface area contributed by atoms with Crippen molar-refractivity contribution in [3.05, 3.63) is 77.9 Å². The molecule has 0 bridgehead atoms. The predicted molar refractivity (Wildman–Crippen MR) is 119 cm³/mol. The van der Waals surface area contributed by atoms with E-state index in [9.17, 15) is 14.0 Å². The molecular formula is C22H19FN5O3S+. The second kappa shape index (κ2) is 9.56. The average molecular weight is 452 g/mol. The predicted octanol–water partition coefficient (Wildman–Crippen LogP) is 3.24. The molecular weight excluding hydrogens is 433 g/mol. The Balaban J connectivity index is 1.55. The number of benzene rings is 2. The molecule has 1 N–H and O–H groups in total. The first-order chi connectivity index (χ1) is 15.5. The molecule has 0 aliphatic carbocycles. The van der Waals surface area contributed by atoms with Gasteiger partial charge in [-0.25, -0.2) is 9.38 Å². The number of nitrogens with zero attached hydrogens (tertiary/aromatic N) is 4. The maximum Gasteiger partial charge on any atom is 0.302 e. The first-order valence-electron chi connectivity index (χ1n) is 9.78. The number of aromatic nitrogens is 2. The maximum atomic E-state index is 14.1. The molecule has 3 aromatic rings. The quantitative estimate of drug-likeness (QED) is 0.458. The molecule has 1 aliphatic rings. The molecule has 2 amide bonds. The third kappa shape index (κ3) is 4.75. The summed E-state index contributed by atoms with van der Waals surface area (Å²) in [5.41, 5.74) is 0.938. The minimum absolute atomic E-state index is 0.0186. The lowest BCUT2D eigenvalue weighted by molar-refractivity contribution is -0.759. The van der Waals surface area contributed by atoms with Crippen LogP contribution in [0, 0.1) is 5.82 Å². The lowest BCUT2D eigenvalue weighted by Gasteiger charge is -2.17. The second-order valence-corrected chi connectivity index (χ2v) is 7.62. The zero-order chi connectivity index (χ0) is 22.5. The van der Waals surface area contributed by atoms with Crippen LogP contribution in [0.3, 0.4) is 0 Å². The highest BCUT2D eigenvalue weighted by Gasteiger charge is 2.32. The third-order valence-electron chi connectivity index (χ3n) is 4.47. The summed E-state index contributed by atoms with van der Waals surface area (Å²) in [6, 6.07) is 15.1. The zero-order valence-corrected chi connectivity index (χ0v) is 17.9. The zero-order valence-electron chi connectivity index (χ0n) is 17.1. The van der Waals surface area contributed by atoms with Gasteiger partial charge in [0.2, 0.25) is 11.2 Å². The van der Waals surface area contributed by atoms with E-state index in [2.05, 4.69) is 15.6 Å². The van der Waals surface area contributed by atoms with Crippen molar-refractivity contribution in [1.29, 1.82) is 0 Å². The Morgan fingerprint density at radius 1 is 1.22 bits per heavy atom. The van der Waals surface area contributed by atoms with Crippen molar-refractivity contribution in [2.75, 3.05) is 16.0 Å². The number of carbonyl (C=O) groups excluding carboxylic acids is 2. The Labute approximate surface area is 187 Å². The molecule has 0 saturated heterocycles. The summed E-state index contributed by atoms with van der Waals surface area (Å²) in [6.45, 7) is 2.50. The monoisotopic (exact) mass is 452 g/mol. The van der Waals surface area contributed by atoms with E-state index in [1.54, 1.807) is 53.3 Å². The summed E-state index contributed by atoms with van der Waals surface area (Å²) < 4.78 is 20.7. The molecule has 0 spiro atoms. The van der Waals surface area contributed by atoms with E-state index in [0.717, 1.165) is 11.8 Å². The van der Waals surface area contributed by atoms with Gasteiger partial charge in [0.1, 0.15) is 11.5 Å². The molecule has 0 fully saturated rings. The van der Waals surface area contributed by atoms with Gasteiger partial charge in [0, 0.05) is 5.56 Å². The topological polar surface area (TPSA) is 91.7 Å². The van der Waals surface area contributed by atoms with E-state index >= 15 is 0 Å². The third-order valence-corrected chi connectivity index (χ3v) is 5.41. The van der Waals surface area contributed by atoms with Crippen molar-refractivity contribution in [1.82, 2.24) is 5.27 Å². The molecule has 4 rings (SSSR count). The van der Waals surface area contributed by atoms with Gasteiger partial charge in [0.15, 0.2) is 11.7 Å². The number of thioether (sulfide) groups is 1. The number of para-hydroxylation sites is 1. The van der Waals surface area contributed by atoms with Crippen LogP contribution in [0.4, 0.5) is 16.0 Å². The van der Waals surface area contributed by atoms with Gasteiger partial charge in [0.25, 0.3) is 12.1 Å². The van der Waals surface area contributed by atoms with Crippen LogP contribution in [0.1, 0.15) is 12.5 Å². The molecule has 2 heterocycles. The van der Waals surface area contributed by atoms with E-state index in [-0.39, 0.29) is 28.8 Å². The highest BCUT2D eigenvalue weighted by atomic mass is 32.2. The molecule has 2 aromatic carbocycles. The number of rotatable bonds is 6. The highest BCUT2D eigenvalue weighted by Crippen LogP contribution is 2.29. The van der Waals surface area contributed by atoms with Crippen molar-refractivity contribution in [2.24, 2.45) is 4.99 Å². The van der Waals surface area contributed by atoms with Gasteiger partial charge >= 0.3 is 5.88 Å². The lowest BCUT2D eigenvalue weighted by atomic mass is 10.1. The Kier molecular flexibility index (Phi) is 6.41. The fourth-order valence-electron chi connectivity index (χ4n) is 2.92. The number of nitrogens with one attached hydrogen (secondary N) is 1. The van der Waals surface area contributed by atoms with E-state index in [4.69, 9.17) is 4.52 Å². The lowest BCUT2D eigenvalue weighted by Crippen LogP contribution is -2.33. The minimum atomic E-state index is -0.453. The SMILES string of the molecule is CC[n+]1cc(NC(=O)CSC2=N/C(=C/c3ccccc3F)C(=O)N2c2ccccc2)on1. The molecule has 0 atom stereocenters. The number of hydrogen-bond acceptors (Lipinski definition) is 6. The number of anilines is 2. The number of amides is 2. The van der Waals surface area contributed by atoms with Crippen LogP contribution in [-0.2, 0) is 16.1 Å². The summed E-state index contributed by atoms with van der Waals surface area (Å²) in [5, 5.41) is 6.68. The van der Waals surface area contributed by atoms with Gasteiger partial charge in [-0.15, -0.1) is 0 Å². The summed E-state index contributed by atoms with van der Waals surface area (Å²) in [6.07, 6.45) is 2.98. The Bertz CT molecular complexity index is 1210. The minimum Gasteiger partial charge on any atom is -0.288 e. The fourth-order valence-corrected chi connectivity index (χ4v) is 3.74. The number of halogens is 1. The van der Waals surface area contributed by atoms with E-state index in [1.807, 2.05) is 13.0 Å². The maximum absolute atomic E-state index is 14.1. The summed E-state index contributed by atoms with van der Waals surface area (Å²) in [4.78, 5) is 31.2. The largest absolute Gasteiger partial charge is 0.302 e. The number of aliphatic imine (C=N–C) groups is 1. The highest BCUT2D eigenvalue weighted by molar-refractivity contribution is 8.14. The van der Waals surface area contributed by atoms with Gasteiger partial charge in [-0.1, -0.05) is 52.8 Å². The smallest absolute Gasteiger partial charge is 0.288 e. The summed E-state index contributed by atoms with van der Waals surface area (Å²) in [5.74, 6) is -0.992. The average Bonchev–Trinajstić information content (AvgIpc) is 3.38. The molecule has 1 aliphatic heterocycles. The Hall–Kier alpha value is -3.79. The first-order valence-corrected chi connectivity index (χ1v) is 10.8. The van der Waals surface area contributed by atoms with Gasteiger partial charge in [0.05, 0.1) is 11.4 Å². The Morgan fingerprint density at radius 3 is 2.69 bits per heavy atom. The molecule has 32 heavy (non-hydrogen) atoms. The number of aryl methyl sites for hydroxylation is 1. The fraction of sp³-hybridized carbons (Fsp3) is 0.136. The van der Waals surface area contributed by atoms with Gasteiger partial charge in [-0.2, -0.15) is 0 Å². The second-order valence-electron chi connectivity index (χ2n) is 6.68. The van der Waals surface area contributed by atoms with E-state index in [0.29, 0.717) is 17.4 Å². The Morgan fingerprint density at radius 2 is 1.97 bits per heavy atom. The van der Waals surface area contributed by atoms with E-state index in [1.165, 1.54) is 17.0 Å². The normalized spacial score (nSPS) is 14.7. The molecule has 0 saturated carbocycles. The molecule has 162 valence electrons. The standard InChI is InChI=1S/C22H18FN5O3S/c1-2-27-13-20(31-26-27)25-19(29)14-32-22-24-18(12-15-8-6-7-11-17(15)23)21(30)28(22)16-9-4-3-5-10-16/h3-13H,2,14H2,1H3/p+1/b18-12+. The molecule has 0 radical (unpaired) electrons. The van der Waals surface area contributed by atoms with Crippen molar-refractivity contribution in [2.45, 2.75) is 13.5 Å². The molecule has 10 heteroatoms. The van der Waals surface area contributed by atoms with Crippen LogP contribution < -0.4 is 14.9 Å². The van der Waals surface area contributed by atoms with Crippen LogP contribution in [0.25, 0.3) is 6.08 Å². The van der Waals surface area contributed by atoms with Gasteiger partial charge < -0.3 is 0 Å². The molecule has 8 nitrogen and oxygen atoms in total. The van der Waals surface area contributed by atoms with Crippen LogP contribution in [0.5, 0.6) is 0 Å². The number of amidine groups is 1. The van der Waals surface area contributed by atoms with Crippen LogP contribution in [-0.4, -0.2) is 28.0 Å². The summed E-state index contributed by atoms with van der Waals surface area (Å²) in [7, 11) is 0. The van der Waals surface area contributed by atoms with Gasteiger partial charge in [-0.3, -0.25) is 24.3 Å². The summed E-state index contributed by atoms with van der Waals surface area (Å²) >= 11 is 1.09. The first kappa shape index (κ1) is 21.4. The van der Waals surface area contributed by atoms with Crippen molar-refractivity contribution in [3.8, 4) is 0 Å². The number of carbonyl (C=O) groups is 2. The van der Waals surface area contributed by atoms with Crippen LogP contribution in [0.2, 0.25) is 0 Å². The molecule has 1 aromatic heterocycles. The van der Waals surface area contributed by atoms with Crippen LogP contribution >= 0.6 is 11.8 Å². The van der Waals surface area contributed by atoms with Crippen LogP contribution in [0.15, 0.2) is 76.0 Å². The van der Waals surface area contributed by atoms with Gasteiger partial charge in [-0.05, 0) is 31.2 Å². The van der Waals surface area contributed by atoms with Crippen molar-refractivity contribution >= 4 is 46.4 Å². The molecule has 0 unspecified atom stereocenters. The van der Waals surface area contributed by atoms with Crippen molar-refractivity contribution < 1.29 is 23.2 Å². The van der Waals surface area contributed by atoms with Crippen molar-refractivity contribution in [3.63, 3.8) is 0 Å². The number of hydrogen-bond donors (Lipinski definition) is 1.